The number of hydrogen-bond donors (Lipinski definition) is 1. The summed E-state index contributed by atoms with van der Waals surface area (Å²) in [5.41, 5.74) is 3.14. The number of nitrogens with zero attached hydrogens (tertiary/aromatic N) is 3. The second-order valence-corrected chi connectivity index (χ2v) is 8.21. The highest BCUT2D eigenvalue weighted by molar-refractivity contribution is 7.99. The second-order valence-electron chi connectivity index (χ2n) is 6.30. The number of para-hydroxylation sites is 1. The van der Waals surface area contributed by atoms with Gasteiger partial charge in [-0.2, -0.15) is 4.98 Å². The fraction of sp³-hybridized carbons (Fsp3) is 0.250. The Kier molecular flexibility index (Phi) is 5.90. The fourth-order valence-electron chi connectivity index (χ4n) is 2.87. The minimum atomic E-state index is -0.530. The summed E-state index contributed by atoms with van der Waals surface area (Å²) in [6, 6.07) is 13.2. The van der Waals surface area contributed by atoms with Gasteiger partial charge in [0, 0.05) is 27.6 Å². The standard InChI is InChI=1S/C20H18Cl2N4OS/c1-2-3-10-28-20-24-19-17(25-26-20)14-6-4-5-7-16(14)23-18(27-19)13-9-8-12(21)11-15(13)22/h4-9,11,18,23H,2-3,10H2,1H3/t18-/m0/s1. The number of hydrogen-bond acceptors (Lipinski definition) is 6. The van der Waals surface area contributed by atoms with E-state index in [2.05, 4.69) is 27.4 Å². The molecule has 8 heteroatoms. The molecule has 4 rings (SSSR count). The molecule has 0 bridgehead atoms. The molecule has 5 nitrogen and oxygen atoms in total. The van der Waals surface area contributed by atoms with Gasteiger partial charge in [-0.25, -0.2) is 0 Å². The molecule has 1 atom stereocenters. The molecule has 0 spiro atoms. The quantitative estimate of drug-likeness (QED) is 0.380. The lowest BCUT2D eigenvalue weighted by Crippen LogP contribution is -2.17. The molecule has 2 heterocycles. The van der Waals surface area contributed by atoms with E-state index in [1.54, 1.807) is 23.9 Å². The molecule has 144 valence electrons. The van der Waals surface area contributed by atoms with Crippen molar-refractivity contribution >= 4 is 40.7 Å². The monoisotopic (exact) mass is 432 g/mol. The maximum absolute atomic E-state index is 6.43. The molecule has 2 aromatic carbocycles. The van der Waals surface area contributed by atoms with Crippen molar-refractivity contribution in [1.82, 2.24) is 15.2 Å². The molecule has 1 aromatic heterocycles. The minimum Gasteiger partial charge on any atom is -0.448 e. The minimum absolute atomic E-state index is 0.433. The predicted molar refractivity (Wildman–Crippen MR) is 114 cm³/mol. The highest BCUT2D eigenvalue weighted by atomic mass is 35.5. The summed E-state index contributed by atoms with van der Waals surface area (Å²) in [5.74, 6) is 1.38. The number of ether oxygens (including phenoxy) is 1. The lowest BCUT2D eigenvalue weighted by Gasteiger charge is -2.20. The number of thioether (sulfide) groups is 1. The lowest BCUT2D eigenvalue weighted by molar-refractivity contribution is 0.225. The second kappa shape index (κ2) is 8.55. The Bertz CT molecular complexity index is 1000. The van der Waals surface area contributed by atoms with Gasteiger partial charge in [0.25, 0.3) is 0 Å². The van der Waals surface area contributed by atoms with Crippen LogP contribution in [0, 0.1) is 0 Å². The zero-order valence-electron chi connectivity index (χ0n) is 15.2. The molecular weight excluding hydrogens is 415 g/mol. The first-order valence-electron chi connectivity index (χ1n) is 9.00. The average molecular weight is 433 g/mol. The van der Waals surface area contributed by atoms with Gasteiger partial charge >= 0.3 is 0 Å². The molecule has 3 aromatic rings. The van der Waals surface area contributed by atoms with Crippen LogP contribution in [0.2, 0.25) is 10.0 Å². The van der Waals surface area contributed by atoms with Gasteiger partial charge in [0.1, 0.15) is 0 Å². The molecule has 1 N–H and O–H groups in total. The predicted octanol–water partition coefficient (Wildman–Crippen LogP) is 6.24. The Balaban J connectivity index is 1.76. The average Bonchev–Trinajstić information content (AvgIpc) is 2.84. The van der Waals surface area contributed by atoms with E-state index in [-0.39, 0.29) is 0 Å². The van der Waals surface area contributed by atoms with Crippen molar-refractivity contribution in [2.45, 2.75) is 31.1 Å². The highest BCUT2D eigenvalue weighted by Gasteiger charge is 2.27. The van der Waals surface area contributed by atoms with E-state index in [0.29, 0.717) is 26.8 Å². The first-order valence-corrected chi connectivity index (χ1v) is 10.7. The van der Waals surface area contributed by atoms with Crippen LogP contribution in [-0.4, -0.2) is 20.9 Å². The summed E-state index contributed by atoms with van der Waals surface area (Å²) in [6.07, 6.45) is 1.69. The Morgan fingerprint density at radius 1 is 1.14 bits per heavy atom. The Labute approximate surface area is 177 Å². The number of anilines is 1. The summed E-state index contributed by atoms with van der Waals surface area (Å²) < 4.78 is 6.23. The van der Waals surface area contributed by atoms with Crippen molar-refractivity contribution in [3.8, 4) is 17.1 Å². The summed E-state index contributed by atoms with van der Waals surface area (Å²) >= 11 is 14.1. The number of rotatable bonds is 5. The third-order valence-electron chi connectivity index (χ3n) is 4.31. The van der Waals surface area contributed by atoms with Gasteiger partial charge in [0.2, 0.25) is 11.0 Å². The molecule has 0 saturated carbocycles. The van der Waals surface area contributed by atoms with Crippen LogP contribution in [0.25, 0.3) is 11.3 Å². The van der Waals surface area contributed by atoms with Gasteiger partial charge in [0.05, 0.1) is 5.02 Å². The van der Waals surface area contributed by atoms with E-state index in [1.165, 1.54) is 0 Å². The number of nitrogens with one attached hydrogen (secondary N) is 1. The van der Waals surface area contributed by atoms with Crippen molar-refractivity contribution in [2.75, 3.05) is 11.1 Å². The number of unbranched alkanes of at least 4 members (excludes halogenated alkanes) is 1. The van der Waals surface area contributed by atoms with Gasteiger partial charge < -0.3 is 10.1 Å². The largest absolute Gasteiger partial charge is 0.448 e. The van der Waals surface area contributed by atoms with Gasteiger partial charge in [-0.15, -0.1) is 10.2 Å². The Hall–Kier alpha value is -2.02. The third kappa shape index (κ3) is 4.04. The van der Waals surface area contributed by atoms with E-state index < -0.39 is 6.23 Å². The SMILES string of the molecule is CCCCSc1nnc2c(n1)O[C@@H](c1ccc(Cl)cc1Cl)Nc1ccccc1-2. The van der Waals surface area contributed by atoms with Gasteiger partial charge in [-0.3, -0.25) is 0 Å². The maximum Gasteiger partial charge on any atom is 0.247 e. The summed E-state index contributed by atoms with van der Waals surface area (Å²) in [6.45, 7) is 2.16. The van der Waals surface area contributed by atoms with Crippen LogP contribution >= 0.6 is 35.0 Å². The molecule has 0 fully saturated rings. The molecule has 0 saturated heterocycles. The van der Waals surface area contributed by atoms with Crippen LogP contribution in [0.1, 0.15) is 31.6 Å². The Morgan fingerprint density at radius 2 is 2.00 bits per heavy atom. The molecule has 0 radical (unpaired) electrons. The zero-order chi connectivity index (χ0) is 19.5. The number of fused-ring (bicyclic) bond motifs is 3. The van der Waals surface area contributed by atoms with Crippen LogP contribution in [0.15, 0.2) is 47.6 Å². The molecule has 1 aliphatic rings. The summed E-state index contributed by atoms with van der Waals surface area (Å²) in [4.78, 5) is 4.62. The van der Waals surface area contributed by atoms with E-state index in [4.69, 9.17) is 27.9 Å². The van der Waals surface area contributed by atoms with Crippen LogP contribution in [0.4, 0.5) is 5.69 Å². The van der Waals surface area contributed by atoms with Crippen molar-refractivity contribution < 1.29 is 4.74 Å². The van der Waals surface area contributed by atoms with E-state index in [0.717, 1.165) is 35.4 Å². The van der Waals surface area contributed by atoms with Crippen LogP contribution in [-0.2, 0) is 0 Å². The maximum atomic E-state index is 6.43. The van der Waals surface area contributed by atoms with Crippen molar-refractivity contribution in [1.29, 1.82) is 0 Å². The molecular formula is C20H18Cl2N4OS. The van der Waals surface area contributed by atoms with Crippen LogP contribution < -0.4 is 10.1 Å². The fourth-order valence-corrected chi connectivity index (χ4v) is 4.24. The van der Waals surface area contributed by atoms with E-state index >= 15 is 0 Å². The smallest absolute Gasteiger partial charge is 0.247 e. The van der Waals surface area contributed by atoms with Crippen molar-refractivity contribution in [3.05, 3.63) is 58.1 Å². The van der Waals surface area contributed by atoms with E-state index in [9.17, 15) is 0 Å². The molecule has 0 unspecified atom stereocenters. The van der Waals surface area contributed by atoms with Crippen molar-refractivity contribution in [3.63, 3.8) is 0 Å². The zero-order valence-corrected chi connectivity index (χ0v) is 17.5. The van der Waals surface area contributed by atoms with Crippen LogP contribution in [0.3, 0.4) is 0 Å². The third-order valence-corrected chi connectivity index (χ3v) is 5.79. The summed E-state index contributed by atoms with van der Waals surface area (Å²) in [5, 5.41) is 13.8. The molecule has 28 heavy (non-hydrogen) atoms. The van der Waals surface area contributed by atoms with Crippen LogP contribution in [0.5, 0.6) is 5.88 Å². The van der Waals surface area contributed by atoms with Crippen molar-refractivity contribution in [2.24, 2.45) is 0 Å². The molecule has 1 aliphatic heterocycles. The molecule has 0 aliphatic carbocycles. The first-order chi connectivity index (χ1) is 13.7. The number of halogens is 2. The Morgan fingerprint density at radius 3 is 2.82 bits per heavy atom. The lowest BCUT2D eigenvalue weighted by atomic mass is 10.1. The normalized spacial score (nSPS) is 15.0. The van der Waals surface area contributed by atoms with Gasteiger partial charge in [-0.1, -0.05) is 72.6 Å². The van der Waals surface area contributed by atoms with E-state index in [1.807, 2.05) is 30.3 Å². The summed E-state index contributed by atoms with van der Waals surface area (Å²) in [7, 11) is 0. The first kappa shape index (κ1) is 19.3. The number of benzene rings is 2. The number of aromatic nitrogens is 3. The van der Waals surface area contributed by atoms with Gasteiger partial charge in [-0.05, 0) is 24.6 Å². The highest BCUT2D eigenvalue weighted by Crippen LogP contribution is 2.40. The van der Waals surface area contributed by atoms with Gasteiger partial charge in [0.15, 0.2) is 11.9 Å². The molecule has 0 amide bonds. The topological polar surface area (TPSA) is 59.9 Å².